The van der Waals surface area contributed by atoms with Gasteiger partial charge in [-0.15, -0.1) is 11.3 Å². The van der Waals surface area contributed by atoms with Crippen molar-refractivity contribution in [2.45, 2.75) is 25.3 Å². The lowest BCUT2D eigenvalue weighted by molar-refractivity contribution is 0.102. The van der Waals surface area contributed by atoms with Crippen molar-refractivity contribution in [1.82, 2.24) is 14.8 Å². The minimum Gasteiger partial charge on any atom is -0.381 e. The molecule has 0 bridgehead atoms. The summed E-state index contributed by atoms with van der Waals surface area (Å²) in [6.45, 7) is 1.77. The summed E-state index contributed by atoms with van der Waals surface area (Å²) < 4.78 is 20.7. The van der Waals surface area contributed by atoms with E-state index < -0.39 is 5.82 Å². The molecule has 0 saturated carbocycles. The molecule has 4 rings (SSSR count). The van der Waals surface area contributed by atoms with E-state index in [2.05, 4.69) is 15.4 Å². The third-order valence-electron chi connectivity index (χ3n) is 4.38. The summed E-state index contributed by atoms with van der Waals surface area (Å²) in [5, 5.41) is 8.62. The van der Waals surface area contributed by atoms with Crippen molar-refractivity contribution in [3.05, 3.63) is 52.5 Å². The molecule has 1 unspecified atom stereocenters. The van der Waals surface area contributed by atoms with Crippen LogP contribution in [0.3, 0.4) is 0 Å². The number of thiazole rings is 1. The van der Waals surface area contributed by atoms with E-state index >= 15 is 0 Å². The summed E-state index contributed by atoms with van der Waals surface area (Å²) in [6.07, 6.45) is 6.52. The molecule has 3 N–H and O–H groups in total. The lowest BCUT2D eigenvalue weighted by atomic mass is 10.1. The molecule has 160 valence electrons. The number of benzene rings is 1. The summed E-state index contributed by atoms with van der Waals surface area (Å²) in [5.74, 6) is -0.921. The van der Waals surface area contributed by atoms with Gasteiger partial charge in [0.05, 0.1) is 16.9 Å². The number of hydrogen-bond donors (Lipinski definition) is 2. The number of rotatable bonds is 3. The Morgan fingerprint density at radius 2 is 2.23 bits per heavy atom. The minimum atomic E-state index is -0.544. The highest BCUT2D eigenvalue weighted by Crippen LogP contribution is 2.30. The SMILES string of the molecule is Cn1cc(NC(=O)c2csc(-c3cccc(Cl)c3F)n2)cn1.NC1CCCOCC1. The van der Waals surface area contributed by atoms with Crippen molar-refractivity contribution in [1.29, 1.82) is 0 Å². The predicted molar refractivity (Wildman–Crippen MR) is 116 cm³/mol. The van der Waals surface area contributed by atoms with Gasteiger partial charge in [0.1, 0.15) is 10.7 Å². The minimum absolute atomic E-state index is 0.0223. The van der Waals surface area contributed by atoms with Gasteiger partial charge in [0, 0.05) is 43.4 Å². The monoisotopic (exact) mass is 451 g/mol. The zero-order valence-electron chi connectivity index (χ0n) is 16.5. The number of ether oxygens (including phenoxy) is 1. The molecule has 3 heterocycles. The van der Waals surface area contributed by atoms with Gasteiger partial charge < -0.3 is 15.8 Å². The van der Waals surface area contributed by atoms with Crippen LogP contribution in [0.15, 0.2) is 36.0 Å². The van der Waals surface area contributed by atoms with Crippen LogP contribution >= 0.6 is 22.9 Å². The number of hydrogen-bond acceptors (Lipinski definition) is 6. The van der Waals surface area contributed by atoms with Gasteiger partial charge in [-0.1, -0.05) is 17.7 Å². The highest BCUT2D eigenvalue weighted by molar-refractivity contribution is 7.13. The average Bonchev–Trinajstić information content (AvgIpc) is 3.30. The lowest BCUT2D eigenvalue weighted by Crippen LogP contribution is -2.19. The van der Waals surface area contributed by atoms with E-state index in [1.807, 2.05) is 0 Å². The number of nitrogens with one attached hydrogen (secondary N) is 1. The van der Waals surface area contributed by atoms with Gasteiger partial charge in [-0.25, -0.2) is 9.37 Å². The van der Waals surface area contributed by atoms with Crippen LogP contribution in [0.1, 0.15) is 29.8 Å². The number of carbonyl (C=O) groups excluding carboxylic acids is 1. The standard InChI is InChI=1S/C14H10ClFN4OS.C6H13NO/c1-20-6-8(5-17-20)18-13(21)11-7-22-14(19-11)9-3-2-4-10(15)12(9)16;7-6-2-1-4-8-5-3-6/h2-7H,1H3,(H,18,21);6H,1-5,7H2. The predicted octanol–water partition coefficient (Wildman–Crippen LogP) is 4.10. The summed E-state index contributed by atoms with van der Waals surface area (Å²) in [7, 11) is 1.75. The maximum absolute atomic E-state index is 14.0. The molecule has 2 aromatic heterocycles. The van der Waals surface area contributed by atoms with Gasteiger partial charge >= 0.3 is 0 Å². The first-order chi connectivity index (χ1) is 14.4. The maximum atomic E-state index is 14.0. The van der Waals surface area contributed by atoms with E-state index in [9.17, 15) is 9.18 Å². The van der Waals surface area contributed by atoms with E-state index in [0.717, 1.165) is 32.5 Å². The first-order valence-electron chi connectivity index (χ1n) is 9.47. The zero-order chi connectivity index (χ0) is 21.5. The number of aromatic nitrogens is 3. The molecule has 1 fully saturated rings. The third kappa shape index (κ3) is 6.09. The fourth-order valence-corrected chi connectivity index (χ4v) is 3.77. The number of carbonyl (C=O) groups is 1. The first-order valence-corrected chi connectivity index (χ1v) is 10.7. The topological polar surface area (TPSA) is 95.1 Å². The van der Waals surface area contributed by atoms with Crippen molar-refractivity contribution in [2.24, 2.45) is 12.8 Å². The van der Waals surface area contributed by atoms with Crippen molar-refractivity contribution in [2.75, 3.05) is 18.5 Å². The third-order valence-corrected chi connectivity index (χ3v) is 5.55. The van der Waals surface area contributed by atoms with Crippen molar-refractivity contribution < 1.29 is 13.9 Å². The van der Waals surface area contributed by atoms with Gasteiger partial charge in [0.2, 0.25) is 0 Å². The molecule has 0 spiro atoms. The summed E-state index contributed by atoms with van der Waals surface area (Å²) in [5.41, 5.74) is 6.71. The van der Waals surface area contributed by atoms with Gasteiger partial charge in [-0.05, 0) is 31.4 Å². The van der Waals surface area contributed by atoms with E-state index in [-0.39, 0.29) is 22.2 Å². The van der Waals surface area contributed by atoms with Crippen LogP contribution < -0.4 is 11.1 Å². The van der Waals surface area contributed by atoms with E-state index in [1.54, 1.807) is 35.4 Å². The molecule has 7 nitrogen and oxygen atoms in total. The van der Waals surface area contributed by atoms with Crippen LogP contribution in [0.5, 0.6) is 0 Å². The van der Waals surface area contributed by atoms with E-state index in [1.165, 1.54) is 23.6 Å². The number of halogens is 2. The second kappa shape index (κ2) is 10.6. The quantitative estimate of drug-likeness (QED) is 0.625. The highest BCUT2D eigenvalue weighted by atomic mass is 35.5. The lowest BCUT2D eigenvalue weighted by Gasteiger charge is -2.02. The molecule has 0 radical (unpaired) electrons. The Bertz CT molecular complexity index is 985. The Hall–Kier alpha value is -2.33. The number of nitrogens with zero attached hydrogens (tertiary/aromatic N) is 3. The largest absolute Gasteiger partial charge is 0.381 e. The maximum Gasteiger partial charge on any atom is 0.275 e. The smallest absolute Gasteiger partial charge is 0.275 e. The normalized spacial score (nSPS) is 16.3. The molecular formula is C20H23ClFN5O2S. The van der Waals surface area contributed by atoms with Crippen LogP contribution in [0.2, 0.25) is 5.02 Å². The second-order valence-corrected chi connectivity index (χ2v) is 8.06. The van der Waals surface area contributed by atoms with Gasteiger partial charge in [-0.2, -0.15) is 5.10 Å². The van der Waals surface area contributed by atoms with E-state index in [4.69, 9.17) is 22.1 Å². The fraction of sp³-hybridized carbons (Fsp3) is 0.350. The van der Waals surface area contributed by atoms with Crippen LogP contribution in [-0.4, -0.2) is 39.9 Å². The van der Waals surface area contributed by atoms with Crippen molar-refractivity contribution in [3.8, 4) is 10.6 Å². The number of aryl methyl sites for hydroxylation is 1. The van der Waals surface area contributed by atoms with Crippen LogP contribution in [0.25, 0.3) is 10.6 Å². The highest BCUT2D eigenvalue weighted by Gasteiger charge is 2.16. The molecule has 1 saturated heterocycles. The molecule has 1 atom stereocenters. The molecule has 1 aliphatic heterocycles. The summed E-state index contributed by atoms with van der Waals surface area (Å²) >= 11 is 6.93. The Balaban J connectivity index is 0.000000269. The van der Waals surface area contributed by atoms with Gasteiger partial charge in [-0.3, -0.25) is 9.48 Å². The van der Waals surface area contributed by atoms with Gasteiger partial charge in [0.15, 0.2) is 5.82 Å². The van der Waals surface area contributed by atoms with Crippen LogP contribution in [0, 0.1) is 5.82 Å². The van der Waals surface area contributed by atoms with Gasteiger partial charge in [0.25, 0.3) is 5.91 Å². The van der Waals surface area contributed by atoms with Crippen LogP contribution in [0.4, 0.5) is 10.1 Å². The first kappa shape index (κ1) is 22.4. The molecule has 3 aromatic rings. The molecule has 1 aromatic carbocycles. The Morgan fingerprint density at radius 3 is 3.00 bits per heavy atom. The average molecular weight is 452 g/mol. The number of amides is 1. The summed E-state index contributed by atoms with van der Waals surface area (Å²) in [6, 6.07) is 5.07. The van der Waals surface area contributed by atoms with Crippen molar-refractivity contribution >= 4 is 34.5 Å². The summed E-state index contributed by atoms with van der Waals surface area (Å²) in [4.78, 5) is 16.3. The Labute approximate surface area is 183 Å². The molecule has 0 aliphatic carbocycles. The van der Waals surface area contributed by atoms with E-state index in [0.29, 0.717) is 16.7 Å². The second-order valence-electron chi connectivity index (χ2n) is 6.80. The fourth-order valence-electron chi connectivity index (χ4n) is 2.78. The van der Waals surface area contributed by atoms with Crippen molar-refractivity contribution in [3.63, 3.8) is 0 Å². The molecule has 30 heavy (non-hydrogen) atoms. The molecular weight excluding hydrogens is 429 g/mol. The zero-order valence-corrected chi connectivity index (χ0v) is 18.0. The van der Waals surface area contributed by atoms with Crippen LogP contribution in [-0.2, 0) is 11.8 Å². The Morgan fingerprint density at radius 1 is 1.40 bits per heavy atom. The Kier molecular flexibility index (Phi) is 7.92. The number of nitrogens with two attached hydrogens (primary N) is 1. The molecule has 10 heteroatoms. The number of anilines is 1. The molecule has 1 amide bonds. The molecule has 1 aliphatic rings.